The zero-order chi connectivity index (χ0) is 21.7. The number of carboxylic acid groups (broad SMARTS) is 1. The number of carbonyl (C=O) groups excluding carboxylic acids is 1. The van der Waals surface area contributed by atoms with Gasteiger partial charge in [0.15, 0.2) is 0 Å². The first-order chi connectivity index (χ1) is 14.3. The van der Waals surface area contributed by atoms with Crippen molar-refractivity contribution in [2.45, 2.75) is 63.3 Å². The van der Waals surface area contributed by atoms with E-state index in [0.29, 0.717) is 12.6 Å². The lowest BCUT2D eigenvalue weighted by atomic mass is 9.93. The predicted octanol–water partition coefficient (Wildman–Crippen LogP) is 2.18. The van der Waals surface area contributed by atoms with Crippen LogP contribution in [-0.4, -0.2) is 69.9 Å². The number of hydrogen-bond donors (Lipinski definition) is 2. The maximum Gasteiger partial charge on any atom is 0.490 e. The van der Waals surface area contributed by atoms with E-state index in [2.05, 4.69) is 15.3 Å². The summed E-state index contributed by atoms with van der Waals surface area (Å²) in [5.41, 5.74) is 2.28. The van der Waals surface area contributed by atoms with Crippen LogP contribution in [0.1, 0.15) is 43.4 Å². The minimum atomic E-state index is -5.08. The van der Waals surface area contributed by atoms with Gasteiger partial charge in [-0.1, -0.05) is 0 Å². The molecule has 1 saturated carbocycles. The number of rotatable bonds is 3. The molecular formula is C19H25F3N4O4. The van der Waals surface area contributed by atoms with Gasteiger partial charge in [0.2, 0.25) is 0 Å². The second-order valence-electron chi connectivity index (χ2n) is 7.55. The number of aliphatic carboxylic acids is 1. The Morgan fingerprint density at radius 1 is 1.13 bits per heavy atom. The Balaban J connectivity index is 0.000000318. The molecule has 1 amide bonds. The topological polar surface area (TPSA) is 105 Å². The molecule has 11 heteroatoms. The molecule has 166 valence electrons. The number of nitrogens with one attached hydrogen (secondary N) is 1. The summed E-state index contributed by atoms with van der Waals surface area (Å²) in [6.07, 6.45) is 3.56. The Kier molecular flexibility index (Phi) is 7.11. The lowest BCUT2D eigenvalue weighted by molar-refractivity contribution is -0.192. The Morgan fingerprint density at radius 2 is 1.83 bits per heavy atom. The van der Waals surface area contributed by atoms with Gasteiger partial charge in [-0.25, -0.2) is 14.8 Å². The molecule has 0 spiro atoms. The summed E-state index contributed by atoms with van der Waals surface area (Å²) in [4.78, 5) is 32.3. The normalized spacial score (nSPS) is 21.6. The van der Waals surface area contributed by atoms with E-state index in [4.69, 9.17) is 14.6 Å². The number of amides is 1. The first-order valence-electron chi connectivity index (χ1n) is 10.1. The molecule has 0 radical (unpaired) electrons. The highest BCUT2D eigenvalue weighted by molar-refractivity contribution is 5.81. The third-order valence-electron chi connectivity index (χ3n) is 5.49. The van der Waals surface area contributed by atoms with Crippen LogP contribution in [-0.2, 0) is 27.2 Å². The number of nitrogens with zero attached hydrogens (tertiary/aromatic N) is 3. The molecule has 1 aromatic rings. The highest BCUT2D eigenvalue weighted by atomic mass is 19.4. The van der Waals surface area contributed by atoms with Gasteiger partial charge < -0.3 is 20.1 Å². The molecule has 2 N–H and O–H groups in total. The van der Waals surface area contributed by atoms with Crippen molar-refractivity contribution >= 4 is 17.7 Å². The van der Waals surface area contributed by atoms with Gasteiger partial charge in [-0.3, -0.25) is 4.79 Å². The fourth-order valence-electron chi connectivity index (χ4n) is 3.59. The standard InChI is InChI=1S/C17H24N4O2.C2HF3O2/c22-17(15-5-2-10-23-15)21-8-6-13-14(7-9-21)18-11-19-16(13)20-12-3-1-4-12;3-2(4,5)1(6)7/h11-12,15H,1-10H2,(H,18,19,20);(H,6,7). The van der Waals surface area contributed by atoms with Gasteiger partial charge in [0.1, 0.15) is 18.2 Å². The van der Waals surface area contributed by atoms with E-state index in [-0.39, 0.29) is 12.0 Å². The van der Waals surface area contributed by atoms with Gasteiger partial charge >= 0.3 is 12.1 Å². The second kappa shape index (κ2) is 9.59. The van der Waals surface area contributed by atoms with E-state index in [1.807, 2.05) is 4.90 Å². The van der Waals surface area contributed by atoms with Crippen molar-refractivity contribution in [3.63, 3.8) is 0 Å². The Morgan fingerprint density at radius 3 is 2.40 bits per heavy atom. The van der Waals surface area contributed by atoms with Crippen LogP contribution in [0.3, 0.4) is 0 Å². The highest BCUT2D eigenvalue weighted by Gasteiger charge is 2.38. The lowest BCUT2D eigenvalue weighted by Crippen LogP contribution is -2.40. The molecule has 1 atom stereocenters. The minimum Gasteiger partial charge on any atom is -0.475 e. The van der Waals surface area contributed by atoms with Crippen LogP contribution in [0.5, 0.6) is 0 Å². The molecule has 1 saturated heterocycles. The number of carbonyl (C=O) groups is 2. The summed E-state index contributed by atoms with van der Waals surface area (Å²) in [5, 5.41) is 10.7. The van der Waals surface area contributed by atoms with Gasteiger partial charge in [0.25, 0.3) is 5.91 Å². The van der Waals surface area contributed by atoms with Crippen LogP contribution in [0.15, 0.2) is 6.33 Å². The monoisotopic (exact) mass is 430 g/mol. The predicted molar refractivity (Wildman–Crippen MR) is 99.9 cm³/mol. The Hall–Kier alpha value is -2.43. The highest BCUT2D eigenvalue weighted by Crippen LogP contribution is 2.27. The van der Waals surface area contributed by atoms with E-state index in [1.54, 1.807) is 6.33 Å². The van der Waals surface area contributed by atoms with E-state index < -0.39 is 12.1 Å². The van der Waals surface area contributed by atoms with Crippen molar-refractivity contribution in [3.8, 4) is 0 Å². The molecule has 3 aliphatic rings. The number of halogens is 3. The maximum absolute atomic E-state index is 12.6. The fourth-order valence-corrected chi connectivity index (χ4v) is 3.59. The Bertz CT molecular complexity index is 765. The van der Waals surface area contributed by atoms with E-state index in [1.165, 1.54) is 24.8 Å². The SMILES string of the molecule is O=C(C1CCCO1)N1CCc2ncnc(NC3CCC3)c2CC1.O=C(O)C(F)(F)F. The molecule has 1 aliphatic carbocycles. The van der Waals surface area contributed by atoms with Crippen molar-refractivity contribution < 1.29 is 32.6 Å². The van der Waals surface area contributed by atoms with Crippen molar-refractivity contribution in [3.05, 3.63) is 17.6 Å². The van der Waals surface area contributed by atoms with Crippen LogP contribution in [0, 0.1) is 0 Å². The van der Waals surface area contributed by atoms with Crippen molar-refractivity contribution in [2.24, 2.45) is 0 Å². The van der Waals surface area contributed by atoms with E-state index in [0.717, 1.165) is 50.3 Å². The number of aromatic nitrogens is 2. The zero-order valence-corrected chi connectivity index (χ0v) is 16.5. The van der Waals surface area contributed by atoms with Crippen LogP contribution in [0.25, 0.3) is 0 Å². The van der Waals surface area contributed by atoms with E-state index in [9.17, 15) is 18.0 Å². The summed E-state index contributed by atoms with van der Waals surface area (Å²) in [6.45, 7) is 2.18. The van der Waals surface area contributed by atoms with Crippen molar-refractivity contribution in [1.82, 2.24) is 14.9 Å². The summed E-state index contributed by atoms with van der Waals surface area (Å²) in [5.74, 6) is -1.63. The van der Waals surface area contributed by atoms with Crippen LogP contribution in [0.2, 0.25) is 0 Å². The molecule has 0 aromatic carbocycles. The molecule has 30 heavy (non-hydrogen) atoms. The number of carboxylic acids is 1. The number of anilines is 1. The van der Waals surface area contributed by atoms with Crippen LogP contribution >= 0.6 is 0 Å². The van der Waals surface area contributed by atoms with Gasteiger partial charge in [-0.2, -0.15) is 13.2 Å². The fraction of sp³-hybridized carbons (Fsp3) is 0.684. The smallest absolute Gasteiger partial charge is 0.475 e. The summed E-state index contributed by atoms with van der Waals surface area (Å²) < 4.78 is 37.3. The summed E-state index contributed by atoms with van der Waals surface area (Å²) in [7, 11) is 0. The van der Waals surface area contributed by atoms with Crippen LogP contribution < -0.4 is 5.32 Å². The molecule has 1 aromatic heterocycles. The lowest BCUT2D eigenvalue weighted by Gasteiger charge is -2.28. The average Bonchev–Trinajstić information content (AvgIpc) is 3.11. The number of hydrogen-bond acceptors (Lipinski definition) is 6. The van der Waals surface area contributed by atoms with Gasteiger partial charge in [-0.15, -0.1) is 0 Å². The third-order valence-corrected chi connectivity index (χ3v) is 5.49. The van der Waals surface area contributed by atoms with Crippen molar-refractivity contribution in [1.29, 1.82) is 0 Å². The zero-order valence-electron chi connectivity index (χ0n) is 16.5. The summed E-state index contributed by atoms with van der Waals surface area (Å²) >= 11 is 0. The van der Waals surface area contributed by atoms with Gasteiger partial charge in [0, 0.05) is 37.7 Å². The average molecular weight is 430 g/mol. The number of ether oxygens (including phenoxy) is 1. The van der Waals surface area contributed by atoms with Gasteiger partial charge in [0.05, 0.1) is 5.69 Å². The quantitative estimate of drug-likeness (QED) is 0.757. The van der Waals surface area contributed by atoms with E-state index >= 15 is 0 Å². The molecule has 4 rings (SSSR count). The third kappa shape index (κ3) is 5.59. The van der Waals surface area contributed by atoms with Crippen LogP contribution in [0.4, 0.5) is 19.0 Å². The molecular weight excluding hydrogens is 405 g/mol. The first kappa shape index (κ1) is 22.3. The number of fused-ring (bicyclic) bond motifs is 1. The minimum absolute atomic E-state index is 0.150. The molecule has 8 nitrogen and oxygen atoms in total. The second-order valence-corrected chi connectivity index (χ2v) is 7.55. The largest absolute Gasteiger partial charge is 0.490 e. The Labute approximate surface area is 171 Å². The van der Waals surface area contributed by atoms with Crippen molar-refractivity contribution in [2.75, 3.05) is 25.0 Å². The molecule has 3 heterocycles. The number of alkyl halides is 3. The molecule has 1 unspecified atom stereocenters. The molecule has 0 bridgehead atoms. The summed E-state index contributed by atoms with van der Waals surface area (Å²) in [6, 6.07) is 0.557. The molecule has 2 aliphatic heterocycles. The molecule has 2 fully saturated rings. The van der Waals surface area contributed by atoms with Gasteiger partial charge in [-0.05, 0) is 38.5 Å². The first-order valence-corrected chi connectivity index (χ1v) is 10.1. The maximum atomic E-state index is 12.6.